The van der Waals surface area contributed by atoms with Gasteiger partial charge in [0.25, 0.3) is 0 Å². The molecule has 0 amide bonds. The molecule has 5 heteroatoms. The number of ether oxygens (including phenoxy) is 2. The van der Waals surface area contributed by atoms with Gasteiger partial charge in [0.05, 0.1) is 6.10 Å². The third-order valence-corrected chi connectivity index (χ3v) is 5.02. The van der Waals surface area contributed by atoms with E-state index in [4.69, 9.17) is 9.47 Å². The quantitative estimate of drug-likeness (QED) is 0.625. The van der Waals surface area contributed by atoms with Gasteiger partial charge in [-0.25, -0.2) is 0 Å². The molecule has 0 saturated heterocycles. The van der Waals surface area contributed by atoms with Gasteiger partial charge in [-0.3, -0.25) is 9.59 Å². The minimum atomic E-state index is -1.34. The first kappa shape index (κ1) is 19.1. The molecule has 0 bridgehead atoms. The lowest BCUT2D eigenvalue weighted by Crippen LogP contribution is -2.45. The van der Waals surface area contributed by atoms with Crippen LogP contribution in [0.3, 0.4) is 0 Å². The fourth-order valence-electron chi connectivity index (χ4n) is 3.31. The van der Waals surface area contributed by atoms with E-state index in [-0.39, 0.29) is 26.1 Å². The smallest absolute Gasteiger partial charge is 0.323 e. The molecular weight excluding hydrogens is 344 g/mol. The summed E-state index contributed by atoms with van der Waals surface area (Å²) in [7, 11) is 0. The molecule has 1 N–H and O–H groups in total. The molecule has 0 unspecified atom stereocenters. The molecule has 0 aliphatic heterocycles. The zero-order chi connectivity index (χ0) is 19.1. The van der Waals surface area contributed by atoms with Gasteiger partial charge in [0.1, 0.15) is 13.2 Å². The predicted octanol–water partition coefficient (Wildman–Crippen LogP) is 3.39. The van der Waals surface area contributed by atoms with Crippen LogP contribution in [0.4, 0.5) is 0 Å². The van der Waals surface area contributed by atoms with Gasteiger partial charge in [-0.05, 0) is 36.8 Å². The summed E-state index contributed by atoms with van der Waals surface area (Å²) < 4.78 is 10.9. The van der Waals surface area contributed by atoms with E-state index < -0.39 is 23.5 Å². The summed E-state index contributed by atoms with van der Waals surface area (Å²) in [6.45, 7) is 0.214. The largest absolute Gasteiger partial charge is 0.460 e. The van der Waals surface area contributed by atoms with E-state index in [1.807, 2.05) is 60.7 Å². The van der Waals surface area contributed by atoms with E-state index in [2.05, 4.69) is 0 Å². The van der Waals surface area contributed by atoms with Gasteiger partial charge >= 0.3 is 11.9 Å². The molecule has 0 atom stereocenters. The van der Waals surface area contributed by atoms with Gasteiger partial charge in [0, 0.05) is 0 Å². The third kappa shape index (κ3) is 4.74. The zero-order valence-electron chi connectivity index (χ0n) is 15.2. The Morgan fingerprint density at radius 2 is 1.22 bits per heavy atom. The van der Waals surface area contributed by atoms with Crippen LogP contribution in [0.25, 0.3) is 0 Å². The van der Waals surface area contributed by atoms with Crippen molar-refractivity contribution in [1.29, 1.82) is 0 Å². The molecule has 1 aliphatic rings. The van der Waals surface area contributed by atoms with Crippen molar-refractivity contribution in [3.05, 3.63) is 71.8 Å². The van der Waals surface area contributed by atoms with Crippen LogP contribution in [0.2, 0.25) is 0 Å². The Balaban J connectivity index is 1.68. The fourth-order valence-corrected chi connectivity index (χ4v) is 3.31. The van der Waals surface area contributed by atoms with Gasteiger partial charge in [0.15, 0.2) is 5.41 Å². The highest BCUT2D eigenvalue weighted by atomic mass is 16.6. The lowest BCUT2D eigenvalue weighted by atomic mass is 9.73. The highest BCUT2D eigenvalue weighted by molar-refractivity contribution is 6.00. The second-order valence-corrected chi connectivity index (χ2v) is 6.94. The van der Waals surface area contributed by atoms with Crippen LogP contribution in [0.5, 0.6) is 0 Å². The SMILES string of the molecule is O=C(OCc1ccccc1)C1(C(=O)OCc2ccccc2)CCC(O)CC1. The van der Waals surface area contributed by atoms with Gasteiger partial charge in [-0.2, -0.15) is 0 Å². The van der Waals surface area contributed by atoms with Gasteiger partial charge < -0.3 is 14.6 Å². The molecule has 27 heavy (non-hydrogen) atoms. The molecule has 0 spiro atoms. The number of carbonyl (C=O) groups is 2. The maximum Gasteiger partial charge on any atom is 0.323 e. The molecule has 1 aliphatic carbocycles. The molecule has 1 fully saturated rings. The lowest BCUT2D eigenvalue weighted by Gasteiger charge is -2.34. The summed E-state index contributed by atoms with van der Waals surface area (Å²) in [6, 6.07) is 18.7. The summed E-state index contributed by atoms with van der Waals surface area (Å²) in [5, 5.41) is 9.82. The summed E-state index contributed by atoms with van der Waals surface area (Å²) >= 11 is 0. The number of hydrogen-bond donors (Lipinski definition) is 1. The van der Waals surface area contributed by atoms with Gasteiger partial charge in [0.2, 0.25) is 0 Å². The summed E-state index contributed by atoms with van der Waals surface area (Å²) in [6.07, 6.45) is 0.717. The van der Waals surface area contributed by atoms with Crippen molar-refractivity contribution in [1.82, 2.24) is 0 Å². The molecule has 0 aromatic heterocycles. The zero-order valence-corrected chi connectivity index (χ0v) is 15.2. The molecule has 1 saturated carbocycles. The minimum absolute atomic E-state index is 0.107. The van der Waals surface area contributed by atoms with Crippen LogP contribution in [-0.4, -0.2) is 23.1 Å². The van der Waals surface area contributed by atoms with Crippen molar-refractivity contribution in [2.45, 2.75) is 45.0 Å². The van der Waals surface area contributed by atoms with E-state index >= 15 is 0 Å². The number of aliphatic hydroxyl groups excluding tert-OH is 1. The Kier molecular flexibility index (Phi) is 6.24. The summed E-state index contributed by atoms with van der Waals surface area (Å²) in [5.41, 5.74) is 0.368. The van der Waals surface area contributed by atoms with Crippen LogP contribution in [0.15, 0.2) is 60.7 Å². The van der Waals surface area contributed by atoms with E-state index in [1.54, 1.807) is 0 Å². The molecule has 3 rings (SSSR count). The second kappa shape index (κ2) is 8.82. The fraction of sp³-hybridized carbons (Fsp3) is 0.364. The number of carbonyl (C=O) groups excluding carboxylic acids is 2. The first-order valence-corrected chi connectivity index (χ1v) is 9.20. The molecule has 2 aromatic carbocycles. The highest BCUT2D eigenvalue weighted by Crippen LogP contribution is 2.39. The van der Waals surface area contributed by atoms with Gasteiger partial charge in [-0.1, -0.05) is 60.7 Å². The van der Waals surface area contributed by atoms with Gasteiger partial charge in [-0.15, -0.1) is 0 Å². The van der Waals surface area contributed by atoms with Crippen LogP contribution >= 0.6 is 0 Å². The average Bonchev–Trinajstić information content (AvgIpc) is 2.72. The maximum absolute atomic E-state index is 12.8. The van der Waals surface area contributed by atoms with E-state index in [1.165, 1.54) is 0 Å². The van der Waals surface area contributed by atoms with Crippen LogP contribution in [0.1, 0.15) is 36.8 Å². The molecule has 142 valence electrons. The first-order valence-electron chi connectivity index (χ1n) is 9.20. The number of hydrogen-bond acceptors (Lipinski definition) is 5. The second-order valence-electron chi connectivity index (χ2n) is 6.94. The number of esters is 2. The summed E-state index contributed by atoms with van der Waals surface area (Å²) in [5.74, 6) is -1.15. The normalized spacial score (nSPS) is 16.5. The first-order chi connectivity index (χ1) is 13.1. The van der Waals surface area contributed by atoms with E-state index in [9.17, 15) is 14.7 Å². The molecule has 0 radical (unpaired) electrons. The number of rotatable bonds is 6. The maximum atomic E-state index is 12.8. The molecule has 5 nitrogen and oxygen atoms in total. The standard InChI is InChI=1S/C22H24O5/c23-19-11-13-22(14-12-19,20(24)26-15-17-7-3-1-4-8-17)21(25)27-16-18-9-5-2-6-10-18/h1-10,19,23H,11-16H2. The lowest BCUT2D eigenvalue weighted by molar-refractivity contribution is -0.178. The Hall–Kier alpha value is -2.66. The van der Waals surface area contributed by atoms with Crippen LogP contribution in [-0.2, 0) is 32.3 Å². The molecule has 0 heterocycles. The van der Waals surface area contributed by atoms with Crippen molar-refractivity contribution in [3.8, 4) is 0 Å². The molecule has 2 aromatic rings. The highest BCUT2D eigenvalue weighted by Gasteiger charge is 2.50. The number of benzene rings is 2. The van der Waals surface area contributed by atoms with E-state index in [0.29, 0.717) is 12.8 Å². The number of aliphatic hydroxyl groups is 1. The minimum Gasteiger partial charge on any atom is -0.460 e. The predicted molar refractivity (Wildman–Crippen MR) is 99.4 cm³/mol. The van der Waals surface area contributed by atoms with Crippen molar-refractivity contribution in [3.63, 3.8) is 0 Å². The van der Waals surface area contributed by atoms with Crippen molar-refractivity contribution in [2.24, 2.45) is 5.41 Å². The van der Waals surface area contributed by atoms with Crippen molar-refractivity contribution < 1.29 is 24.2 Å². The average molecular weight is 368 g/mol. The van der Waals surface area contributed by atoms with Crippen LogP contribution in [0, 0.1) is 5.41 Å². The monoisotopic (exact) mass is 368 g/mol. The van der Waals surface area contributed by atoms with E-state index in [0.717, 1.165) is 11.1 Å². The van der Waals surface area contributed by atoms with Crippen molar-refractivity contribution >= 4 is 11.9 Å². The Morgan fingerprint density at radius 1 is 0.815 bits per heavy atom. The van der Waals surface area contributed by atoms with Crippen LogP contribution < -0.4 is 0 Å². The Morgan fingerprint density at radius 3 is 1.63 bits per heavy atom. The Labute approximate surface area is 158 Å². The molecular formula is C22H24O5. The Bertz CT molecular complexity index is 691. The summed E-state index contributed by atoms with van der Waals surface area (Å²) in [4.78, 5) is 25.7. The topological polar surface area (TPSA) is 72.8 Å². The third-order valence-electron chi connectivity index (χ3n) is 5.02. The van der Waals surface area contributed by atoms with Crippen molar-refractivity contribution in [2.75, 3.05) is 0 Å².